The van der Waals surface area contributed by atoms with Gasteiger partial charge in [-0.05, 0) is 32.0 Å². The summed E-state index contributed by atoms with van der Waals surface area (Å²) in [7, 11) is 1.67. The Balaban J connectivity index is 2.21. The predicted molar refractivity (Wildman–Crippen MR) is 90.6 cm³/mol. The van der Waals surface area contributed by atoms with Crippen LogP contribution in [-0.4, -0.2) is 41.0 Å². The second kappa shape index (κ2) is 7.85. The van der Waals surface area contributed by atoms with E-state index in [1.165, 1.54) is 11.8 Å². The van der Waals surface area contributed by atoms with Crippen molar-refractivity contribution in [3.8, 4) is 0 Å². The van der Waals surface area contributed by atoms with Crippen LogP contribution in [0, 0.1) is 0 Å². The van der Waals surface area contributed by atoms with Gasteiger partial charge in [-0.1, -0.05) is 23.4 Å². The molecule has 1 heterocycles. The van der Waals surface area contributed by atoms with Gasteiger partial charge in [-0.15, -0.1) is 0 Å². The van der Waals surface area contributed by atoms with Gasteiger partial charge in [0.15, 0.2) is 5.16 Å². The predicted octanol–water partition coefficient (Wildman–Crippen LogP) is 2.95. The number of hydrogen-bond acceptors (Lipinski definition) is 4. The number of hydrogen-bond donors (Lipinski definition) is 1. The number of halogens is 1. The lowest BCUT2D eigenvalue weighted by molar-refractivity contribution is -0.119. The first kappa shape index (κ1) is 17.1. The van der Waals surface area contributed by atoms with Gasteiger partial charge < -0.3 is 14.6 Å². The van der Waals surface area contributed by atoms with E-state index in [-0.39, 0.29) is 11.9 Å². The van der Waals surface area contributed by atoms with E-state index < -0.39 is 0 Å². The van der Waals surface area contributed by atoms with E-state index in [0.717, 1.165) is 16.2 Å². The van der Waals surface area contributed by atoms with Crippen molar-refractivity contribution < 1.29 is 9.53 Å². The Kier molecular flexibility index (Phi) is 6.11. The maximum atomic E-state index is 11.8. The van der Waals surface area contributed by atoms with Crippen LogP contribution in [-0.2, 0) is 16.1 Å². The van der Waals surface area contributed by atoms with Crippen LogP contribution in [0.5, 0.6) is 0 Å². The molecule has 0 saturated heterocycles. The third kappa shape index (κ3) is 4.38. The maximum absolute atomic E-state index is 11.8. The molecule has 7 heteroatoms. The number of thioether (sulfide) groups is 1. The minimum Gasteiger partial charge on any atom is -0.383 e. The number of fused-ring (bicyclic) bond motifs is 1. The second-order valence-electron chi connectivity index (χ2n) is 5.18. The first-order chi connectivity index (χ1) is 10.5. The number of ether oxygens (including phenoxy) is 1. The molecule has 2 aromatic rings. The van der Waals surface area contributed by atoms with Crippen molar-refractivity contribution in [2.75, 3.05) is 19.5 Å². The van der Waals surface area contributed by atoms with Crippen LogP contribution in [0.15, 0.2) is 23.4 Å². The molecule has 0 aliphatic rings. The standard InChI is InChI=1S/C15H20ClN3O2S/c1-10(2)17-14(20)9-22-15-18-12-8-11(16)4-5-13(12)19(15)6-7-21-3/h4-5,8,10H,6-7,9H2,1-3H3,(H,17,20). The molecule has 0 aliphatic carbocycles. The molecule has 22 heavy (non-hydrogen) atoms. The summed E-state index contributed by atoms with van der Waals surface area (Å²) in [5, 5.41) is 4.33. The molecule has 0 fully saturated rings. The number of methoxy groups -OCH3 is 1. The highest BCUT2D eigenvalue weighted by Crippen LogP contribution is 2.26. The zero-order valence-electron chi connectivity index (χ0n) is 12.9. The number of benzene rings is 1. The molecule has 0 saturated carbocycles. The molecule has 1 aromatic carbocycles. The van der Waals surface area contributed by atoms with E-state index >= 15 is 0 Å². The van der Waals surface area contributed by atoms with Crippen LogP contribution in [0.25, 0.3) is 11.0 Å². The number of rotatable bonds is 7. The first-order valence-electron chi connectivity index (χ1n) is 7.08. The summed E-state index contributed by atoms with van der Waals surface area (Å²) in [5.41, 5.74) is 1.82. The van der Waals surface area contributed by atoms with Crippen molar-refractivity contribution >= 4 is 40.3 Å². The Labute approximate surface area is 139 Å². The molecular formula is C15H20ClN3O2S. The molecule has 5 nitrogen and oxygen atoms in total. The highest BCUT2D eigenvalue weighted by molar-refractivity contribution is 7.99. The van der Waals surface area contributed by atoms with Crippen molar-refractivity contribution in [3.05, 3.63) is 23.2 Å². The SMILES string of the molecule is COCCn1c(SCC(=O)NC(C)C)nc2cc(Cl)ccc21. The number of imidazole rings is 1. The molecular weight excluding hydrogens is 322 g/mol. The van der Waals surface area contributed by atoms with Gasteiger partial charge in [0.2, 0.25) is 5.91 Å². The van der Waals surface area contributed by atoms with Crippen LogP contribution in [0.2, 0.25) is 5.02 Å². The highest BCUT2D eigenvalue weighted by Gasteiger charge is 2.13. The highest BCUT2D eigenvalue weighted by atomic mass is 35.5. The van der Waals surface area contributed by atoms with Crippen molar-refractivity contribution in [3.63, 3.8) is 0 Å². The van der Waals surface area contributed by atoms with Gasteiger partial charge in [-0.2, -0.15) is 0 Å². The molecule has 0 bridgehead atoms. The van der Waals surface area contributed by atoms with E-state index in [0.29, 0.717) is 23.9 Å². The van der Waals surface area contributed by atoms with Crippen molar-refractivity contribution in [2.24, 2.45) is 0 Å². The zero-order chi connectivity index (χ0) is 16.1. The van der Waals surface area contributed by atoms with Gasteiger partial charge in [0.05, 0.1) is 23.4 Å². The van der Waals surface area contributed by atoms with Gasteiger partial charge in [0, 0.05) is 24.7 Å². The molecule has 0 spiro atoms. The van der Waals surface area contributed by atoms with Crippen molar-refractivity contribution in [1.82, 2.24) is 14.9 Å². The normalized spacial score (nSPS) is 11.3. The number of nitrogens with zero attached hydrogens (tertiary/aromatic N) is 2. The minimum atomic E-state index is 0.00313. The van der Waals surface area contributed by atoms with E-state index in [1.807, 2.05) is 32.0 Å². The fourth-order valence-electron chi connectivity index (χ4n) is 2.08. The maximum Gasteiger partial charge on any atom is 0.230 e. The molecule has 0 unspecified atom stereocenters. The van der Waals surface area contributed by atoms with Crippen LogP contribution in [0.1, 0.15) is 13.8 Å². The van der Waals surface area contributed by atoms with Crippen molar-refractivity contribution in [1.29, 1.82) is 0 Å². The lowest BCUT2D eigenvalue weighted by atomic mass is 10.3. The summed E-state index contributed by atoms with van der Waals surface area (Å²) >= 11 is 7.44. The lowest BCUT2D eigenvalue weighted by Crippen LogP contribution is -2.31. The number of carbonyl (C=O) groups excluding carboxylic acids is 1. The summed E-state index contributed by atoms with van der Waals surface area (Å²) in [6.45, 7) is 5.15. The molecule has 0 aliphatic heterocycles. The fraction of sp³-hybridized carbons (Fsp3) is 0.467. The molecule has 1 amide bonds. The molecule has 1 N–H and O–H groups in total. The van der Waals surface area contributed by atoms with E-state index in [2.05, 4.69) is 14.9 Å². The summed E-state index contributed by atoms with van der Waals surface area (Å²) in [5.74, 6) is 0.339. The van der Waals surface area contributed by atoms with Crippen LogP contribution < -0.4 is 5.32 Å². The Morgan fingerprint density at radius 2 is 2.27 bits per heavy atom. The molecule has 120 valence electrons. The van der Waals surface area contributed by atoms with Crippen LogP contribution in [0.3, 0.4) is 0 Å². The average molecular weight is 342 g/mol. The Hall–Kier alpha value is -1.24. The van der Waals surface area contributed by atoms with E-state index in [9.17, 15) is 4.79 Å². The first-order valence-corrected chi connectivity index (χ1v) is 8.44. The van der Waals surface area contributed by atoms with Crippen molar-refractivity contribution in [2.45, 2.75) is 31.6 Å². The number of nitrogens with one attached hydrogen (secondary N) is 1. The zero-order valence-corrected chi connectivity index (χ0v) is 14.5. The van der Waals surface area contributed by atoms with E-state index in [1.54, 1.807) is 7.11 Å². The summed E-state index contributed by atoms with van der Waals surface area (Å²) in [6.07, 6.45) is 0. The Bertz CT molecular complexity index is 658. The Morgan fingerprint density at radius 1 is 1.50 bits per heavy atom. The molecule has 0 atom stereocenters. The lowest BCUT2D eigenvalue weighted by Gasteiger charge is -2.10. The number of aromatic nitrogens is 2. The number of amides is 1. The quantitative estimate of drug-likeness (QED) is 0.787. The summed E-state index contributed by atoms with van der Waals surface area (Å²) < 4.78 is 7.22. The molecule has 1 aromatic heterocycles. The summed E-state index contributed by atoms with van der Waals surface area (Å²) in [4.78, 5) is 16.4. The monoisotopic (exact) mass is 341 g/mol. The number of carbonyl (C=O) groups is 1. The largest absolute Gasteiger partial charge is 0.383 e. The third-order valence-corrected chi connectivity index (χ3v) is 4.19. The van der Waals surface area contributed by atoms with Gasteiger partial charge >= 0.3 is 0 Å². The minimum absolute atomic E-state index is 0.00313. The average Bonchev–Trinajstić information content (AvgIpc) is 2.78. The third-order valence-electron chi connectivity index (χ3n) is 2.98. The van der Waals surface area contributed by atoms with E-state index in [4.69, 9.17) is 16.3 Å². The van der Waals surface area contributed by atoms with Crippen LogP contribution in [0.4, 0.5) is 0 Å². The Morgan fingerprint density at radius 3 is 2.95 bits per heavy atom. The van der Waals surface area contributed by atoms with Gasteiger partial charge in [-0.3, -0.25) is 4.79 Å². The van der Waals surface area contributed by atoms with Gasteiger partial charge in [-0.25, -0.2) is 4.98 Å². The smallest absolute Gasteiger partial charge is 0.230 e. The molecule has 2 rings (SSSR count). The fourth-order valence-corrected chi connectivity index (χ4v) is 3.10. The van der Waals surface area contributed by atoms with Gasteiger partial charge in [0.25, 0.3) is 0 Å². The topological polar surface area (TPSA) is 56.1 Å². The van der Waals surface area contributed by atoms with Gasteiger partial charge in [0.1, 0.15) is 0 Å². The summed E-state index contributed by atoms with van der Waals surface area (Å²) in [6, 6.07) is 5.76. The molecule has 0 radical (unpaired) electrons. The second-order valence-corrected chi connectivity index (χ2v) is 6.56. The van der Waals surface area contributed by atoms with Crippen LogP contribution >= 0.6 is 23.4 Å².